The SMILES string of the molecule is CCOC(=O)c1csc(CN(CCCOC)S(=O)(=O)c2cccc3ccccc23)n1. The van der Waals surface area contributed by atoms with Gasteiger partial charge in [0, 0.05) is 31.0 Å². The minimum absolute atomic E-state index is 0.0688. The number of benzene rings is 2. The number of thiazole rings is 1. The molecule has 9 heteroatoms. The van der Waals surface area contributed by atoms with Gasteiger partial charge in [0.1, 0.15) is 5.01 Å². The number of fused-ring (bicyclic) bond motifs is 1. The molecule has 0 bridgehead atoms. The number of ether oxygens (including phenoxy) is 2. The summed E-state index contributed by atoms with van der Waals surface area (Å²) < 4.78 is 38.6. The van der Waals surface area contributed by atoms with Gasteiger partial charge in [-0.05, 0) is 24.8 Å². The van der Waals surface area contributed by atoms with Crippen LogP contribution in [0.5, 0.6) is 0 Å². The van der Waals surface area contributed by atoms with Crippen molar-refractivity contribution in [3.63, 3.8) is 0 Å². The number of carbonyl (C=O) groups is 1. The van der Waals surface area contributed by atoms with Gasteiger partial charge in [0.15, 0.2) is 5.69 Å². The van der Waals surface area contributed by atoms with Crippen molar-refractivity contribution in [3.8, 4) is 0 Å². The zero-order valence-corrected chi connectivity index (χ0v) is 18.5. The molecule has 0 spiro atoms. The van der Waals surface area contributed by atoms with Crippen LogP contribution in [0.1, 0.15) is 28.8 Å². The first kappa shape index (κ1) is 22.4. The van der Waals surface area contributed by atoms with E-state index in [0.717, 1.165) is 5.39 Å². The van der Waals surface area contributed by atoms with Crippen LogP contribution in [0.15, 0.2) is 52.7 Å². The standard InChI is InChI=1S/C21H24N2O5S2/c1-3-28-21(24)18-15-29-20(22-18)14-23(12-7-13-27-2)30(25,26)19-11-6-9-16-8-4-5-10-17(16)19/h4-6,8-11,15H,3,7,12-14H2,1-2H3. The molecule has 30 heavy (non-hydrogen) atoms. The second-order valence-electron chi connectivity index (χ2n) is 6.51. The maximum absolute atomic E-state index is 13.6. The molecule has 3 rings (SSSR count). The molecular formula is C21H24N2O5S2. The first-order valence-corrected chi connectivity index (χ1v) is 11.9. The number of nitrogens with zero attached hydrogens (tertiary/aromatic N) is 2. The molecule has 0 aliphatic rings. The fraction of sp³-hybridized carbons (Fsp3) is 0.333. The second kappa shape index (κ2) is 10.1. The summed E-state index contributed by atoms with van der Waals surface area (Å²) in [6, 6.07) is 12.6. The largest absolute Gasteiger partial charge is 0.461 e. The van der Waals surface area contributed by atoms with E-state index in [0.29, 0.717) is 23.4 Å². The van der Waals surface area contributed by atoms with E-state index in [1.165, 1.54) is 15.6 Å². The van der Waals surface area contributed by atoms with E-state index in [-0.39, 0.29) is 30.3 Å². The predicted octanol–water partition coefficient (Wildman–Crippen LogP) is 3.70. The van der Waals surface area contributed by atoms with Gasteiger partial charge in [-0.25, -0.2) is 18.2 Å². The highest BCUT2D eigenvalue weighted by molar-refractivity contribution is 7.89. The van der Waals surface area contributed by atoms with Crippen LogP contribution in [-0.2, 0) is 26.0 Å². The number of rotatable bonds is 10. The van der Waals surface area contributed by atoms with E-state index in [4.69, 9.17) is 9.47 Å². The highest BCUT2D eigenvalue weighted by Crippen LogP contribution is 2.27. The molecule has 0 aliphatic carbocycles. The molecule has 3 aromatic rings. The van der Waals surface area contributed by atoms with Crippen LogP contribution >= 0.6 is 11.3 Å². The molecule has 2 aromatic carbocycles. The normalized spacial score (nSPS) is 11.8. The summed E-state index contributed by atoms with van der Waals surface area (Å²) >= 11 is 1.24. The zero-order valence-electron chi connectivity index (χ0n) is 16.9. The molecule has 0 saturated carbocycles. The average molecular weight is 449 g/mol. The summed E-state index contributed by atoms with van der Waals surface area (Å²) in [5.41, 5.74) is 0.191. The molecule has 160 valence electrons. The van der Waals surface area contributed by atoms with Gasteiger partial charge in [-0.2, -0.15) is 4.31 Å². The van der Waals surface area contributed by atoms with Crippen molar-refractivity contribution >= 4 is 38.1 Å². The van der Waals surface area contributed by atoms with E-state index in [2.05, 4.69) is 4.98 Å². The monoisotopic (exact) mass is 448 g/mol. The minimum atomic E-state index is -3.80. The van der Waals surface area contributed by atoms with Gasteiger partial charge in [0.25, 0.3) is 0 Å². The topological polar surface area (TPSA) is 85.8 Å². The van der Waals surface area contributed by atoms with Crippen LogP contribution in [0, 0.1) is 0 Å². The van der Waals surface area contributed by atoms with Gasteiger partial charge in [-0.15, -0.1) is 11.3 Å². The average Bonchev–Trinajstić information content (AvgIpc) is 3.22. The zero-order chi connectivity index (χ0) is 21.6. The Balaban J connectivity index is 1.93. The van der Waals surface area contributed by atoms with Gasteiger partial charge >= 0.3 is 5.97 Å². The van der Waals surface area contributed by atoms with Crippen LogP contribution in [0.4, 0.5) is 0 Å². The maximum atomic E-state index is 13.6. The maximum Gasteiger partial charge on any atom is 0.357 e. The Morgan fingerprint density at radius 2 is 1.93 bits per heavy atom. The number of esters is 1. The van der Waals surface area contributed by atoms with Crippen LogP contribution in [-0.4, -0.2) is 50.5 Å². The molecular weight excluding hydrogens is 424 g/mol. The summed E-state index contributed by atoms with van der Waals surface area (Å²) in [4.78, 5) is 16.4. The summed E-state index contributed by atoms with van der Waals surface area (Å²) in [6.45, 7) is 2.75. The fourth-order valence-corrected chi connectivity index (χ4v) is 5.58. The molecule has 0 N–H and O–H groups in total. The lowest BCUT2D eigenvalue weighted by atomic mass is 10.1. The Bertz CT molecular complexity index is 1110. The number of sulfonamides is 1. The number of methoxy groups -OCH3 is 1. The molecule has 0 amide bonds. The van der Waals surface area contributed by atoms with E-state index >= 15 is 0 Å². The number of hydrogen-bond acceptors (Lipinski definition) is 7. The molecule has 0 radical (unpaired) electrons. The summed E-state index contributed by atoms with van der Waals surface area (Å²) in [5.74, 6) is -0.511. The Labute approximate surface area is 180 Å². The Morgan fingerprint density at radius 3 is 2.70 bits per heavy atom. The van der Waals surface area contributed by atoms with Crippen molar-refractivity contribution < 1.29 is 22.7 Å². The third-order valence-corrected chi connectivity index (χ3v) is 7.21. The summed E-state index contributed by atoms with van der Waals surface area (Å²) in [6.07, 6.45) is 0.538. The van der Waals surface area contributed by atoms with Gasteiger partial charge in [-0.1, -0.05) is 36.4 Å². The quantitative estimate of drug-likeness (QED) is 0.347. The number of aromatic nitrogens is 1. The van der Waals surface area contributed by atoms with Gasteiger partial charge < -0.3 is 9.47 Å². The molecule has 0 unspecified atom stereocenters. The van der Waals surface area contributed by atoms with E-state index in [9.17, 15) is 13.2 Å². The van der Waals surface area contributed by atoms with Crippen LogP contribution in [0.2, 0.25) is 0 Å². The molecule has 0 atom stereocenters. The van der Waals surface area contributed by atoms with Crippen LogP contribution < -0.4 is 0 Å². The summed E-state index contributed by atoms with van der Waals surface area (Å²) in [7, 11) is -2.22. The van der Waals surface area contributed by atoms with E-state index in [1.807, 2.05) is 24.3 Å². The number of carbonyl (C=O) groups excluding carboxylic acids is 1. The van der Waals surface area contributed by atoms with Crippen molar-refractivity contribution in [1.82, 2.24) is 9.29 Å². The lowest BCUT2D eigenvalue weighted by Gasteiger charge is -2.22. The molecule has 1 heterocycles. The van der Waals surface area contributed by atoms with Crippen LogP contribution in [0.3, 0.4) is 0 Å². The van der Waals surface area contributed by atoms with Crippen molar-refractivity contribution in [3.05, 3.63) is 58.5 Å². The van der Waals surface area contributed by atoms with Crippen molar-refractivity contribution in [2.24, 2.45) is 0 Å². The Hall–Kier alpha value is -2.33. The lowest BCUT2D eigenvalue weighted by Crippen LogP contribution is -2.32. The highest BCUT2D eigenvalue weighted by Gasteiger charge is 2.27. The van der Waals surface area contributed by atoms with Crippen molar-refractivity contribution in [2.45, 2.75) is 24.8 Å². The first-order chi connectivity index (χ1) is 14.5. The molecule has 7 nitrogen and oxygen atoms in total. The van der Waals surface area contributed by atoms with Gasteiger partial charge in [0.05, 0.1) is 18.0 Å². The third kappa shape index (κ3) is 5.04. The first-order valence-electron chi connectivity index (χ1n) is 9.55. The van der Waals surface area contributed by atoms with Crippen LogP contribution in [0.25, 0.3) is 10.8 Å². The smallest absolute Gasteiger partial charge is 0.357 e. The van der Waals surface area contributed by atoms with Crippen molar-refractivity contribution in [1.29, 1.82) is 0 Å². The lowest BCUT2D eigenvalue weighted by molar-refractivity contribution is 0.0520. The van der Waals surface area contributed by atoms with E-state index < -0.39 is 16.0 Å². The molecule has 0 saturated heterocycles. The van der Waals surface area contributed by atoms with Gasteiger partial charge in [0.2, 0.25) is 10.0 Å². The summed E-state index contributed by atoms with van der Waals surface area (Å²) in [5, 5.41) is 3.64. The van der Waals surface area contributed by atoms with Gasteiger partial charge in [-0.3, -0.25) is 0 Å². The third-order valence-electron chi connectivity index (χ3n) is 4.47. The van der Waals surface area contributed by atoms with E-state index in [1.54, 1.807) is 37.6 Å². The fourth-order valence-electron chi connectivity index (χ4n) is 3.06. The second-order valence-corrected chi connectivity index (χ2v) is 9.36. The molecule has 0 aliphatic heterocycles. The highest BCUT2D eigenvalue weighted by atomic mass is 32.2. The Morgan fingerprint density at radius 1 is 1.17 bits per heavy atom. The molecule has 1 aromatic heterocycles. The Kier molecular flexibility index (Phi) is 7.54. The predicted molar refractivity (Wildman–Crippen MR) is 116 cm³/mol. The minimum Gasteiger partial charge on any atom is -0.461 e. The molecule has 0 fully saturated rings. The number of hydrogen-bond donors (Lipinski definition) is 0. The van der Waals surface area contributed by atoms with Crippen molar-refractivity contribution in [2.75, 3.05) is 26.9 Å².